The van der Waals surface area contributed by atoms with E-state index in [2.05, 4.69) is 20.4 Å². The zero-order valence-corrected chi connectivity index (χ0v) is 11.5. The maximum atomic E-state index is 10.2. The molecule has 2 atom stereocenters. The monoisotopic (exact) mass is 277 g/mol. The summed E-state index contributed by atoms with van der Waals surface area (Å²) < 4.78 is 7.26. The number of ether oxygens (including phenoxy) is 1. The van der Waals surface area contributed by atoms with Crippen LogP contribution >= 0.6 is 0 Å². The van der Waals surface area contributed by atoms with Gasteiger partial charge >= 0.3 is 0 Å². The first-order chi connectivity index (χ1) is 9.78. The van der Waals surface area contributed by atoms with Gasteiger partial charge in [0.1, 0.15) is 12.1 Å². The molecule has 0 aromatic carbocycles. The van der Waals surface area contributed by atoms with Crippen molar-refractivity contribution in [3.63, 3.8) is 0 Å². The number of aliphatic hydroxyl groups is 1. The molecule has 1 aliphatic rings. The Labute approximate surface area is 117 Å². The van der Waals surface area contributed by atoms with Crippen LogP contribution in [0.4, 0.5) is 5.82 Å². The largest absolute Gasteiger partial charge is 0.391 e. The van der Waals surface area contributed by atoms with Gasteiger partial charge in [-0.25, -0.2) is 14.6 Å². The van der Waals surface area contributed by atoms with E-state index in [0.717, 1.165) is 36.3 Å². The number of nitrogens with zero attached hydrogens (tertiary/aromatic N) is 4. The highest BCUT2D eigenvalue weighted by Gasteiger charge is 2.20. The summed E-state index contributed by atoms with van der Waals surface area (Å²) in [6.07, 6.45) is 5.68. The van der Waals surface area contributed by atoms with E-state index in [0.29, 0.717) is 13.0 Å². The molecule has 3 rings (SSSR count). The van der Waals surface area contributed by atoms with Gasteiger partial charge in [0.2, 0.25) is 0 Å². The lowest BCUT2D eigenvalue weighted by Crippen LogP contribution is -2.23. The standard InChI is InChI=1S/C13H19N5O2/c1-14-12-11-6-17-18(13(11)16-8-15-12)7-9(19)5-10-3-2-4-20-10/h6,8-10,19H,2-5,7H2,1H3,(H,14,15,16). The SMILES string of the molecule is CNc1ncnc2c1cnn2CC(O)CC1CCCO1. The molecule has 0 saturated carbocycles. The summed E-state index contributed by atoms with van der Waals surface area (Å²) in [6, 6.07) is 0. The van der Waals surface area contributed by atoms with Gasteiger partial charge in [-0.3, -0.25) is 0 Å². The highest BCUT2D eigenvalue weighted by molar-refractivity contribution is 5.85. The van der Waals surface area contributed by atoms with E-state index in [1.807, 2.05) is 7.05 Å². The van der Waals surface area contributed by atoms with Crippen LogP contribution in [0.5, 0.6) is 0 Å². The van der Waals surface area contributed by atoms with E-state index >= 15 is 0 Å². The van der Waals surface area contributed by atoms with Gasteiger partial charge in [-0.05, 0) is 12.8 Å². The number of aliphatic hydroxyl groups excluding tert-OH is 1. The average Bonchev–Trinajstić information content (AvgIpc) is 3.09. The van der Waals surface area contributed by atoms with Crippen LogP contribution in [0.3, 0.4) is 0 Å². The topological polar surface area (TPSA) is 85.1 Å². The van der Waals surface area contributed by atoms with Gasteiger partial charge in [0.15, 0.2) is 5.65 Å². The van der Waals surface area contributed by atoms with Crippen LogP contribution in [0.25, 0.3) is 11.0 Å². The van der Waals surface area contributed by atoms with Gasteiger partial charge in [-0.15, -0.1) is 0 Å². The number of aromatic nitrogens is 4. The Kier molecular flexibility index (Phi) is 3.79. The van der Waals surface area contributed by atoms with Crippen molar-refractivity contribution in [1.29, 1.82) is 0 Å². The second-order valence-electron chi connectivity index (χ2n) is 5.06. The van der Waals surface area contributed by atoms with Crippen molar-refractivity contribution >= 4 is 16.9 Å². The molecule has 0 bridgehead atoms. The Morgan fingerprint density at radius 3 is 3.20 bits per heavy atom. The summed E-state index contributed by atoms with van der Waals surface area (Å²) in [5, 5.41) is 18.3. The Balaban J connectivity index is 1.73. The minimum absolute atomic E-state index is 0.175. The average molecular weight is 277 g/mol. The van der Waals surface area contributed by atoms with Crippen molar-refractivity contribution in [2.45, 2.75) is 38.0 Å². The van der Waals surface area contributed by atoms with E-state index in [4.69, 9.17) is 4.74 Å². The van der Waals surface area contributed by atoms with Crippen molar-refractivity contribution in [2.24, 2.45) is 0 Å². The molecule has 2 aromatic heterocycles. The molecule has 2 N–H and O–H groups in total. The van der Waals surface area contributed by atoms with Gasteiger partial charge in [-0.2, -0.15) is 5.10 Å². The van der Waals surface area contributed by atoms with Gasteiger partial charge in [0, 0.05) is 20.1 Å². The maximum Gasteiger partial charge on any atom is 0.163 e. The molecule has 2 unspecified atom stereocenters. The number of anilines is 1. The fourth-order valence-electron chi connectivity index (χ4n) is 2.63. The molecular formula is C13H19N5O2. The van der Waals surface area contributed by atoms with Crippen LogP contribution in [-0.2, 0) is 11.3 Å². The van der Waals surface area contributed by atoms with E-state index in [-0.39, 0.29) is 6.10 Å². The minimum Gasteiger partial charge on any atom is -0.391 e. The zero-order valence-electron chi connectivity index (χ0n) is 11.5. The van der Waals surface area contributed by atoms with Gasteiger partial charge < -0.3 is 15.2 Å². The van der Waals surface area contributed by atoms with Crippen LogP contribution in [0, 0.1) is 0 Å². The van der Waals surface area contributed by atoms with E-state index in [1.54, 1.807) is 10.9 Å². The van der Waals surface area contributed by atoms with E-state index < -0.39 is 6.10 Å². The van der Waals surface area contributed by atoms with Crippen LogP contribution in [0.15, 0.2) is 12.5 Å². The molecule has 1 aliphatic heterocycles. The third-order valence-electron chi connectivity index (χ3n) is 3.61. The first kappa shape index (κ1) is 13.3. The number of hydrogen-bond donors (Lipinski definition) is 2. The van der Waals surface area contributed by atoms with Crippen molar-refractivity contribution in [2.75, 3.05) is 19.0 Å². The van der Waals surface area contributed by atoms with Gasteiger partial charge in [0.25, 0.3) is 0 Å². The second kappa shape index (κ2) is 5.72. The summed E-state index contributed by atoms with van der Waals surface area (Å²) >= 11 is 0. The molecule has 0 aliphatic carbocycles. The molecule has 0 amide bonds. The summed E-state index contributed by atoms with van der Waals surface area (Å²) in [5.41, 5.74) is 0.732. The van der Waals surface area contributed by atoms with Gasteiger partial charge in [0.05, 0.1) is 30.3 Å². The normalized spacial score (nSPS) is 20.4. The Morgan fingerprint density at radius 2 is 2.45 bits per heavy atom. The molecule has 1 saturated heterocycles. The lowest BCUT2D eigenvalue weighted by molar-refractivity contribution is 0.0461. The number of rotatable bonds is 5. The predicted molar refractivity (Wildman–Crippen MR) is 74.5 cm³/mol. The number of fused-ring (bicyclic) bond motifs is 1. The van der Waals surface area contributed by atoms with Crippen LogP contribution in [0.2, 0.25) is 0 Å². The predicted octanol–water partition coefficient (Wildman–Crippen LogP) is 0.798. The zero-order chi connectivity index (χ0) is 13.9. The second-order valence-corrected chi connectivity index (χ2v) is 5.06. The van der Waals surface area contributed by atoms with Crippen LogP contribution < -0.4 is 5.32 Å². The Hall–Kier alpha value is -1.73. The Morgan fingerprint density at radius 1 is 1.55 bits per heavy atom. The molecule has 0 radical (unpaired) electrons. The third kappa shape index (κ3) is 2.59. The summed E-state index contributed by atoms with van der Waals surface area (Å²) in [5.74, 6) is 0.745. The highest BCUT2D eigenvalue weighted by atomic mass is 16.5. The molecule has 2 aromatic rings. The number of nitrogens with one attached hydrogen (secondary N) is 1. The summed E-state index contributed by atoms with van der Waals surface area (Å²) in [7, 11) is 1.81. The van der Waals surface area contributed by atoms with Crippen molar-refractivity contribution in [1.82, 2.24) is 19.7 Å². The third-order valence-corrected chi connectivity index (χ3v) is 3.61. The van der Waals surface area contributed by atoms with E-state index in [1.165, 1.54) is 6.33 Å². The smallest absolute Gasteiger partial charge is 0.163 e. The lowest BCUT2D eigenvalue weighted by Gasteiger charge is -2.15. The van der Waals surface area contributed by atoms with Crippen LogP contribution in [0.1, 0.15) is 19.3 Å². The van der Waals surface area contributed by atoms with Crippen molar-refractivity contribution in [3.05, 3.63) is 12.5 Å². The molecule has 3 heterocycles. The molecule has 7 heteroatoms. The molecule has 1 fully saturated rings. The fourth-order valence-corrected chi connectivity index (χ4v) is 2.63. The Bertz CT molecular complexity index is 579. The van der Waals surface area contributed by atoms with E-state index in [9.17, 15) is 5.11 Å². The highest BCUT2D eigenvalue weighted by Crippen LogP contribution is 2.20. The summed E-state index contributed by atoms with van der Waals surface area (Å²) in [4.78, 5) is 8.38. The molecule has 20 heavy (non-hydrogen) atoms. The molecule has 108 valence electrons. The molecular weight excluding hydrogens is 258 g/mol. The fraction of sp³-hybridized carbons (Fsp3) is 0.615. The van der Waals surface area contributed by atoms with Crippen molar-refractivity contribution < 1.29 is 9.84 Å². The quantitative estimate of drug-likeness (QED) is 0.841. The van der Waals surface area contributed by atoms with Crippen LogP contribution in [-0.4, -0.2) is 50.7 Å². The first-order valence-electron chi connectivity index (χ1n) is 6.92. The number of hydrogen-bond acceptors (Lipinski definition) is 6. The lowest BCUT2D eigenvalue weighted by atomic mass is 10.1. The first-order valence-corrected chi connectivity index (χ1v) is 6.92. The van der Waals surface area contributed by atoms with Crippen molar-refractivity contribution in [3.8, 4) is 0 Å². The molecule has 0 spiro atoms. The van der Waals surface area contributed by atoms with Gasteiger partial charge in [-0.1, -0.05) is 0 Å². The summed E-state index contributed by atoms with van der Waals surface area (Å²) in [6.45, 7) is 1.23. The minimum atomic E-state index is -0.478. The molecule has 7 nitrogen and oxygen atoms in total. The maximum absolute atomic E-state index is 10.2.